The third kappa shape index (κ3) is 5.07. The largest absolute Gasteiger partial charge is 0.497 e. The van der Waals surface area contributed by atoms with Crippen LogP contribution in [-0.2, 0) is 16.6 Å². The maximum absolute atomic E-state index is 12.8. The summed E-state index contributed by atoms with van der Waals surface area (Å²) in [7, 11) is -2.26. The second-order valence-corrected chi connectivity index (χ2v) is 8.94. The van der Waals surface area contributed by atoms with Crippen molar-refractivity contribution in [3.63, 3.8) is 0 Å². The van der Waals surface area contributed by atoms with Crippen molar-refractivity contribution < 1.29 is 17.9 Å². The minimum absolute atomic E-state index is 0.114. The maximum atomic E-state index is 12.8. The van der Waals surface area contributed by atoms with Gasteiger partial charge in [-0.2, -0.15) is 4.80 Å². The number of tetrazole rings is 1. The van der Waals surface area contributed by atoms with Crippen LogP contribution in [0.2, 0.25) is 0 Å². The third-order valence-corrected chi connectivity index (χ3v) is 6.27. The van der Waals surface area contributed by atoms with E-state index in [1.54, 1.807) is 79.9 Å². The molecule has 0 bridgehead atoms. The predicted molar refractivity (Wildman–Crippen MR) is 123 cm³/mol. The van der Waals surface area contributed by atoms with Gasteiger partial charge in [0, 0.05) is 11.1 Å². The van der Waals surface area contributed by atoms with Crippen molar-refractivity contribution in [1.29, 1.82) is 0 Å². The number of nitrogens with zero attached hydrogens (tertiary/aromatic N) is 4. The van der Waals surface area contributed by atoms with Crippen LogP contribution < -0.4 is 9.46 Å². The number of aryl methyl sites for hydroxylation is 1. The summed E-state index contributed by atoms with van der Waals surface area (Å²) in [4.78, 5) is 13.9. The van der Waals surface area contributed by atoms with Crippen molar-refractivity contribution in [3.8, 4) is 17.1 Å². The SMILES string of the molecule is COc1ccc(C(=O)Cn2nnc(-c3ccccc3NS(=O)(=O)c3ccc(C)cc3)n2)cc1. The van der Waals surface area contributed by atoms with Crippen LogP contribution in [-0.4, -0.2) is 41.5 Å². The van der Waals surface area contributed by atoms with Gasteiger partial charge in [0.15, 0.2) is 5.78 Å². The van der Waals surface area contributed by atoms with Crippen LogP contribution in [0.15, 0.2) is 77.7 Å². The molecule has 10 heteroatoms. The van der Waals surface area contributed by atoms with Gasteiger partial charge >= 0.3 is 0 Å². The Bertz CT molecular complexity index is 1380. The van der Waals surface area contributed by atoms with E-state index < -0.39 is 10.0 Å². The summed E-state index contributed by atoms with van der Waals surface area (Å²) in [6.07, 6.45) is 0. The zero-order valence-corrected chi connectivity index (χ0v) is 18.8. The van der Waals surface area contributed by atoms with Crippen LogP contribution in [0.3, 0.4) is 0 Å². The first kappa shape index (κ1) is 22.2. The van der Waals surface area contributed by atoms with Gasteiger partial charge in [-0.15, -0.1) is 10.2 Å². The highest BCUT2D eigenvalue weighted by Crippen LogP contribution is 2.27. The number of ether oxygens (including phenoxy) is 1. The number of ketones is 1. The lowest BCUT2D eigenvalue weighted by atomic mass is 10.1. The van der Waals surface area contributed by atoms with Crippen LogP contribution in [0.5, 0.6) is 5.75 Å². The number of hydrogen-bond donors (Lipinski definition) is 1. The van der Waals surface area contributed by atoms with E-state index >= 15 is 0 Å². The van der Waals surface area contributed by atoms with Gasteiger partial charge in [-0.3, -0.25) is 9.52 Å². The second kappa shape index (κ2) is 9.21. The minimum atomic E-state index is -3.81. The Morgan fingerprint density at radius 3 is 2.39 bits per heavy atom. The number of sulfonamides is 1. The number of benzene rings is 3. The fourth-order valence-electron chi connectivity index (χ4n) is 3.10. The van der Waals surface area contributed by atoms with Gasteiger partial charge in [-0.25, -0.2) is 8.42 Å². The van der Waals surface area contributed by atoms with E-state index in [0.717, 1.165) is 5.56 Å². The third-order valence-electron chi connectivity index (χ3n) is 4.89. The van der Waals surface area contributed by atoms with E-state index in [1.165, 1.54) is 4.80 Å². The Morgan fingerprint density at radius 2 is 1.70 bits per heavy atom. The molecule has 0 spiro atoms. The first-order valence-corrected chi connectivity index (χ1v) is 11.5. The van der Waals surface area contributed by atoms with Crippen LogP contribution in [0.4, 0.5) is 5.69 Å². The van der Waals surface area contributed by atoms with Gasteiger partial charge in [0.05, 0.1) is 17.7 Å². The molecule has 0 atom stereocenters. The number of para-hydroxylation sites is 1. The van der Waals surface area contributed by atoms with Crippen LogP contribution in [0.1, 0.15) is 15.9 Å². The molecule has 0 saturated carbocycles. The van der Waals surface area contributed by atoms with Crippen molar-refractivity contribution in [2.24, 2.45) is 0 Å². The molecule has 3 aromatic carbocycles. The number of aromatic nitrogens is 4. The molecule has 1 heterocycles. The summed E-state index contributed by atoms with van der Waals surface area (Å²) in [5, 5.41) is 12.2. The molecule has 0 saturated heterocycles. The van der Waals surface area contributed by atoms with Gasteiger partial charge in [-0.05, 0) is 60.7 Å². The normalized spacial score (nSPS) is 11.2. The van der Waals surface area contributed by atoms with E-state index in [0.29, 0.717) is 22.6 Å². The van der Waals surface area contributed by atoms with Gasteiger partial charge in [0.25, 0.3) is 10.0 Å². The Labute approximate surface area is 191 Å². The van der Waals surface area contributed by atoms with Crippen LogP contribution in [0.25, 0.3) is 11.4 Å². The second-order valence-electron chi connectivity index (χ2n) is 7.26. The summed E-state index contributed by atoms with van der Waals surface area (Å²) in [5.41, 5.74) is 2.19. The molecule has 0 aliphatic rings. The number of methoxy groups -OCH3 is 1. The van der Waals surface area contributed by atoms with Gasteiger partial charge in [0.2, 0.25) is 5.82 Å². The van der Waals surface area contributed by atoms with E-state index in [1.807, 2.05) is 6.92 Å². The van der Waals surface area contributed by atoms with Crippen molar-refractivity contribution in [1.82, 2.24) is 20.2 Å². The highest BCUT2D eigenvalue weighted by atomic mass is 32.2. The molecule has 0 aliphatic carbocycles. The average Bonchev–Trinajstić information content (AvgIpc) is 3.27. The summed E-state index contributed by atoms with van der Waals surface area (Å²) >= 11 is 0. The number of carbonyl (C=O) groups is 1. The van der Waals surface area contributed by atoms with Crippen LogP contribution in [0, 0.1) is 6.92 Å². The van der Waals surface area contributed by atoms with Gasteiger partial charge in [0.1, 0.15) is 12.3 Å². The number of hydrogen-bond acceptors (Lipinski definition) is 7. The predicted octanol–water partition coefficient (Wildman–Crippen LogP) is 3.34. The molecule has 168 valence electrons. The number of carbonyl (C=O) groups excluding carboxylic acids is 1. The molecular formula is C23H21N5O4S. The highest BCUT2D eigenvalue weighted by molar-refractivity contribution is 7.92. The minimum Gasteiger partial charge on any atom is -0.497 e. The first-order chi connectivity index (χ1) is 15.9. The van der Waals surface area contributed by atoms with Gasteiger partial charge in [-0.1, -0.05) is 29.8 Å². The van der Waals surface area contributed by atoms with E-state index in [2.05, 4.69) is 20.1 Å². The van der Waals surface area contributed by atoms with Gasteiger partial charge < -0.3 is 4.74 Å². The van der Waals surface area contributed by atoms with E-state index in [4.69, 9.17) is 4.74 Å². The molecule has 0 unspecified atom stereocenters. The number of rotatable bonds is 8. The lowest BCUT2D eigenvalue weighted by Crippen LogP contribution is -2.14. The number of anilines is 1. The molecule has 9 nitrogen and oxygen atoms in total. The molecule has 4 aromatic rings. The van der Waals surface area contributed by atoms with Crippen molar-refractivity contribution in [3.05, 3.63) is 83.9 Å². The Balaban J connectivity index is 1.55. The maximum Gasteiger partial charge on any atom is 0.261 e. The molecule has 0 radical (unpaired) electrons. The Kier molecular flexibility index (Phi) is 6.18. The fraction of sp³-hybridized carbons (Fsp3) is 0.130. The quantitative estimate of drug-likeness (QED) is 0.398. The topological polar surface area (TPSA) is 116 Å². The monoisotopic (exact) mass is 463 g/mol. The molecule has 1 N–H and O–H groups in total. The molecule has 0 fully saturated rings. The molecule has 1 aromatic heterocycles. The molecule has 4 rings (SSSR count). The van der Waals surface area contributed by atoms with Crippen molar-refractivity contribution in [2.45, 2.75) is 18.4 Å². The summed E-state index contributed by atoms with van der Waals surface area (Å²) in [6, 6.07) is 20.0. The van der Waals surface area contributed by atoms with Crippen LogP contribution >= 0.6 is 0 Å². The summed E-state index contributed by atoms with van der Waals surface area (Å²) in [5.74, 6) is 0.645. The Morgan fingerprint density at radius 1 is 1.00 bits per heavy atom. The molecule has 0 amide bonds. The first-order valence-electron chi connectivity index (χ1n) is 10.00. The lowest BCUT2D eigenvalue weighted by Gasteiger charge is -2.11. The highest BCUT2D eigenvalue weighted by Gasteiger charge is 2.19. The van der Waals surface area contributed by atoms with E-state index in [9.17, 15) is 13.2 Å². The molecule has 33 heavy (non-hydrogen) atoms. The standard InChI is InChI=1S/C23H21N5O4S/c1-16-7-13-19(14-8-16)33(30,31)26-21-6-4-3-5-20(21)23-24-27-28(25-23)15-22(29)17-9-11-18(32-2)12-10-17/h3-14,26H,15H2,1-2H3. The zero-order valence-electron chi connectivity index (χ0n) is 18.0. The number of nitrogens with one attached hydrogen (secondary N) is 1. The van der Waals surface area contributed by atoms with E-state index in [-0.39, 0.29) is 23.0 Å². The Hall–Kier alpha value is -4.05. The molecule has 0 aliphatic heterocycles. The summed E-state index contributed by atoms with van der Waals surface area (Å²) in [6.45, 7) is 1.77. The average molecular weight is 464 g/mol. The summed E-state index contributed by atoms with van der Waals surface area (Å²) < 4.78 is 33.3. The molecular weight excluding hydrogens is 442 g/mol. The zero-order chi connectivity index (χ0) is 23.4. The number of Topliss-reactive ketones (excluding diaryl/α,β-unsaturated/α-hetero) is 1. The lowest BCUT2D eigenvalue weighted by molar-refractivity contribution is 0.0961. The smallest absolute Gasteiger partial charge is 0.261 e. The van der Waals surface area contributed by atoms with Crippen molar-refractivity contribution in [2.75, 3.05) is 11.8 Å². The van der Waals surface area contributed by atoms with Crippen molar-refractivity contribution >= 4 is 21.5 Å². The fourth-order valence-corrected chi connectivity index (χ4v) is 4.18.